The topological polar surface area (TPSA) is 49.0 Å². The summed E-state index contributed by atoms with van der Waals surface area (Å²) in [6.45, 7) is 5.16. The summed E-state index contributed by atoms with van der Waals surface area (Å²) < 4.78 is 0. The summed E-state index contributed by atoms with van der Waals surface area (Å²) >= 11 is 0. The first-order valence-electron chi connectivity index (χ1n) is 5.18. The number of hydrogen-bond acceptors (Lipinski definition) is 3. The van der Waals surface area contributed by atoms with Crippen LogP contribution in [-0.4, -0.2) is 35.5 Å². The Bertz CT molecular complexity index is 370. The fraction of sp³-hybridized carbons (Fsp3) is 0.636. The molecule has 0 fully saturated rings. The van der Waals surface area contributed by atoms with Crippen molar-refractivity contribution in [2.75, 3.05) is 20.6 Å². The maximum Gasteiger partial charge on any atom is 0.345 e. The Kier molecular flexibility index (Phi) is 4.03. The summed E-state index contributed by atoms with van der Waals surface area (Å²) in [5.74, 6) is 0.561. The lowest BCUT2D eigenvalue weighted by Gasteiger charge is -2.17. The van der Waals surface area contributed by atoms with Crippen LogP contribution in [0.2, 0.25) is 0 Å². The SMILES string of the molecule is Cc1[nH]c(=O)ncc1CC(C)CN(C)C. The van der Waals surface area contributed by atoms with Crippen molar-refractivity contribution in [2.45, 2.75) is 20.3 Å². The van der Waals surface area contributed by atoms with E-state index in [0.717, 1.165) is 24.2 Å². The van der Waals surface area contributed by atoms with Crippen molar-refractivity contribution in [1.82, 2.24) is 14.9 Å². The van der Waals surface area contributed by atoms with Crippen molar-refractivity contribution in [1.29, 1.82) is 0 Å². The number of nitrogens with one attached hydrogen (secondary N) is 1. The Morgan fingerprint density at radius 3 is 2.73 bits per heavy atom. The van der Waals surface area contributed by atoms with Gasteiger partial charge in [-0.25, -0.2) is 9.78 Å². The summed E-state index contributed by atoms with van der Waals surface area (Å²) in [5, 5.41) is 0. The van der Waals surface area contributed by atoms with Crippen molar-refractivity contribution in [3.8, 4) is 0 Å². The van der Waals surface area contributed by atoms with E-state index in [2.05, 4.69) is 35.9 Å². The lowest BCUT2D eigenvalue weighted by atomic mass is 10.0. The van der Waals surface area contributed by atoms with E-state index in [4.69, 9.17) is 0 Å². The Hall–Kier alpha value is -1.16. The van der Waals surface area contributed by atoms with Crippen LogP contribution >= 0.6 is 0 Å². The van der Waals surface area contributed by atoms with Gasteiger partial charge in [0.2, 0.25) is 0 Å². The third-order valence-electron chi connectivity index (χ3n) is 2.36. The minimum atomic E-state index is -0.267. The van der Waals surface area contributed by atoms with Gasteiger partial charge < -0.3 is 9.88 Å². The highest BCUT2D eigenvalue weighted by Gasteiger charge is 2.07. The number of hydrogen-bond donors (Lipinski definition) is 1. The van der Waals surface area contributed by atoms with Gasteiger partial charge >= 0.3 is 5.69 Å². The van der Waals surface area contributed by atoms with Crippen molar-refractivity contribution in [3.63, 3.8) is 0 Å². The molecule has 0 aliphatic carbocycles. The summed E-state index contributed by atoms with van der Waals surface area (Å²) in [7, 11) is 4.13. The van der Waals surface area contributed by atoms with E-state index in [1.165, 1.54) is 0 Å². The molecule has 4 nitrogen and oxygen atoms in total. The Balaban J connectivity index is 2.68. The number of aromatic amines is 1. The second-order valence-electron chi connectivity index (χ2n) is 4.41. The summed E-state index contributed by atoms with van der Waals surface area (Å²) in [5.41, 5.74) is 1.79. The average molecular weight is 209 g/mol. The molecule has 0 aliphatic rings. The van der Waals surface area contributed by atoms with Crippen LogP contribution in [0.4, 0.5) is 0 Å². The zero-order chi connectivity index (χ0) is 11.4. The molecule has 0 saturated carbocycles. The third kappa shape index (κ3) is 3.83. The van der Waals surface area contributed by atoms with Crippen molar-refractivity contribution in [2.24, 2.45) is 5.92 Å². The van der Waals surface area contributed by atoms with Crippen LogP contribution in [0.3, 0.4) is 0 Å². The Morgan fingerprint density at radius 2 is 2.20 bits per heavy atom. The maximum absolute atomic E-state index is 10.9. The largest absolute Gasteiger partial charge is 0.345 e. The number of aryl methyl sites for hydroxylation is 1. The van der Waals surface area contributed by atoms with Crippen molar-refractivity contribution >= 4 is 0 Å². The predicted octanol–water partition coefficient (Wildman–Crippen LogP) is 0.819. The first-order valence-corrected chi connectivity index (χ1v) is 5.18. The predicted molar refractivity (Wildman–Crippen MR) is 61.0 cm³/mol. The smallest absolute Gasteiger partial charge is 0.310 e. The number of aromatic nitrogens is 2. The molecule has 15 heavy (non-hydrogen) atoms. The molecule has 0 amide bonds. The van der Waals surface area contributed by atoms with E-state index in [1.54, 1.807) is 6.20 Å². The molecule has 0 spiro atoms. The Morgan fingerprint density at radius 1 is 1.53 bits per heavy atom. The van der Waals surface area contributed by atoms with Gasteiger partial charge in [0.1, 0.15) is 0 Å². The van der Waals surface area contributed by atoms with Crippen LogP contribution in [0.1, 0.15) is 18.2 Å². The van der Waals surface area contributed by atoms with E-state index in [9.17, 15) is 4.79 Å². The number of H-pyrrole nitrogens is 1. The fourth-order valence-electron chi connectivity index (χ4n) is 1.78. The number of rotatable bonds is 4. The lowest BCUT2D eigenvalue weighted by molar-refractivity contribution is 0.337. The molecule has 1 unspecified atom stereocenters. The fourth-order valence-corrected chi connectivity index (χ4v) is 1.78. The lowest BCUT2D eigenvalue weighted by Crippen LogP contribution is -2.22. The average Bonchev–Trinajstić information content (AvgIpc) is 2.08. The van der Waals surface area contributed by atoms with Crippen LogP contribution in [0.5, 0.6) is 0 Å². The standard InChI is InChI=1S/C11H19N3O/c1-8(7-14(3)4)5-10-6-12-11(15)13-9(10)2/h6,8H,5,7H2,1-4H3,(H,12,13,15). The molecule has 0 bridgehead atoms. The van der Waals surface area contributed by atoms with Crippen molar-refractivity contribution < 1.29 is 0 Å². The van der Waals surface area contributed by atoms with Gasteiger partial charge in [-0.1, -0.05) is 6.92 Å². The van der Waals surface area contributed by atoms with E-state index < -0.39 is 0 Å². The molecule has 0 radical (unpaired) electrons. The first kappa shape index (κ1) is 11.9. The molecule has 1 aromatic heterocycles. The molecule has 0 saturated heterocycles. The van der Waals surface area contributed by atoms with Gasteiger partial charge in [0.25, 0.3) is 0 Å². The summed E-state index contributed by atoms with van der Waals surface area (Å²) in [4.78, 5) is 19.6. The highest BCUT2D eigenvalue weighted by Crippen LogP contribution is 2.09. The van der Waals surface area contributed by atoms with Crippen LogP contribution in [0.25, 0.3) is 0 Å². The van der Waals surface area contributed by atoms with Gasteiger partial charge in [0.15, 0.2) is 0 Å². The molecule has 1 aromatic rings. The van der Waals surface area contributed by atoms with Gasteiger partial charge in [0.05, 0.1) is 0 Å². The molecule has 0 aromatic carbocycles. The van der Waals surface area contributed by atoms with Gasteiger partial charge in [-0.15, -0.1) is 0 Å². The van der Waals surface area contributed by atoms with Crippen molar-refractivity contribution in [3.05, 3.63) is 27.9 Å². The zero-order valence-electron chi connectivity index (χ0n) is 9.87. The molecule has 1 heterocycles. The third-order valence-corrected chi connectivity index (χ3v) is 2.36. The molecule has 4 heteroatoms. The second kappa shape index (κ2) is 5.07. The highest BCUT2D eigenvalue weighted by molar-refractivity contribution is 5.14. The van der Waals surface area contributed by atoms with Gasteiger partial charge in [-0.2, -0.15) is 0 Å². The molecule has 1 atom stereocenters. The van der Waals surface area contributed by atoms with Crippen LogP contribution in [0, 0.1) is 12.8 Å². The molecule has 1 rings (SSSR count). The van der Waals surface area contributed by atoms with Crippen LogP contribution in [0.15, 0.2) is 11.0 Å². The molecular weight excluding hydrogens is 190 g/mol. The Labute approximate surface area is 90.3 Å². The molecular formula is C11H19N3O. The minimum Gasteiger partial charge on any atom is -0.310 e. The number of nitrogens with zero attached hydrogens (tertiary/aromatic N) is 2. The van der Waals surface area contributed by atoms with E-state index in [0.29, 0.717) is 5.92 Å². The monoisotopic (exact) mass is 209 g/mol. The molecule has 0 aliphatic heterocycles. The minimum absolute atomic E-state index is 0.267. The summed E-state index contributed by atoms with van der Waals surface area (Å²) in [6.07, 6.45) is 2.63. The second-order valence-corrected chi connectivity index (χ2v) is 4.41. The van der Waals surface area contributed by atoms with E-state index in [-0.39, 0.29) is 5.69 Å². The molecule has 1 N–H and O–H groups in total. The first-order chi connectivity index (χ1) is 6.99. The molecule has 84 valence electrons. The van der Waals surface area contributed by atoms with Crippen LogP contribution < -0.4 is 5.69 Å². The normalized spacial score (nSPS) is 13.1. The quantitative estimate of drug-likeness (QED) is 0.798. The van der Waals surface area contributed by atoms with Gasteiger partial charge in [-0.05, 0) is 38.9 Å². The maximum atomic E-state index is 10.9. The highest BCUT2D eigenvalue weighted by atomic mass is 16.1. The van der Waals surface area contributed by atoms with Gasteiger partial charge in [-0.3, -0.25) is 0 Å². The van der Waals surface area contributed by atoms with Crippen LogP contribution in [-0.2, 0) is 6.42 Å². The van der Waals surface area contributed by atoms with Gasteiger partial charge in [0, 0.05) is 18.4 Å². The van der Waals surface area contributed by atoms with E-state index >= 15 is 0 Å². The van der Waals surface area contributed by atoms with E-state index in [1.807, 2.05) is 6.92 Å². The summed E-state index contributed by atoms with van der Waals surface area (Å²) in [6, 6.07) is 0. The zero-order valence-corrected chi connectivity index (χ0v) is 9.87.